The molecule has 1 aromatic carbocycles. The first-order valence-electron chi connectivity index (χ1n) is 6.65. The summed E-state index contributed by atoms with van der Waals surface area (Å²) in [5, 5.41) is 3.62. The van der Waals surface area contributed by atoms with E-state index in [1.807, 2.05) is 0 Å². The Kier molecular flexibility index (Phi) is 4.57. The Morgan fingerprint density at radius 2 is 2.06 bits per heavy atom. The first kappa shape index (κ1) is 12.6. The highest BCUT2D eigenvalue weighted by atomic mass is 16.5. The Bertz CT molecular complexity index is 317. The second-order valence-electron chi connectivity index (χ2n) is 5.23. The first-order valence-corrected chi connectivity index (χ1v) is 6.65. The van der Waals surface area contributed by atoms with Gasteiger partial charge < -0.3 is 10.1 Å². The summed E-state index contributed by atoms with van der Waals surface area (Å²) in [4.78, 5) is 0. The topological polar surface area (TPSA) is 21.3 Å². The van der Waals surface area contributed by atoms with Crippen LogP contribution < -0.4 is 5.32 Å². The van der Waals surface area contributed by atoms with Gasteiger partial charge in [-0.2, -0.15) is 0 Å². The van der Waals surface area contributed by atoms with Crippen molar-refractivity contribution in [3.63, 3.8) is 0 Å². The molecule has 0 spiro atoms. The average Bonchev–Trinajstić information content (AvgIpc) is 2.77. The van der Waals surface area contributed by atoms with Crippen LogP contribution in [0.5, 0.6) is 0 Å². The third-order valence-electron chi connectivity index (χ3n) is 3.51. The summed E-state index contributed by atoms with van der Waals surface area (Å²) in [6.07, 6.45) is 4.83. The van der Waals surface area contributed by atoms with Crippen molar-refractivity contribution in [2.75, 3.05) is 19.8 Å². The van der Waals surface area contributed by atoms with Gasteiger partial charge in [-0.3, -0.25) is 0 Å². The molecule has 0 saturated carbocycles. The fraction of sp³-hybridized carbons (Fsp3) is 0.600. The molecule has 1 saturated heterocycles. The lowest BCUT2D eigenvalue weighted by Crippen LogP contribution is -2.43. The van der Waals surface area contributed by atoms with Crippen LogP contribution in [0.25, 0.3) is 0 Å². The molecule has 0 amide bonds. The summed E-state index contributed by atoms with van der Waals surface area (Å²) in [5.74, 6) is 0. The number of benzene rings is 1. The summed E-state index contributed by atoms with van der Waals surface area (Å²) in [6.45, 7) is 5.14. The van der Waals surface area contributed by atoms with Crippen molar-refractivity contribution >= 4 is 0 Å². The molecular formula is C15H23NO. The van der Waals surface area contributed by atoms with E-state index in [1.54, 1.807) is 0 Å². The minimum Gasteiger partial charge on any atom is -0.379 e. The highest BCUT2D eigenvalue weighted by Crippen LogP contribution is 2.17. The maximum Gasteiger partial charge on any atom is 0.0646 e. The Hall–Kier alpha value is -0.860. The van der Waals surface area contributed by atoms with Gasteiger partial charge in [-0.25, -0.2) is 0 Å². The zero-order valence-electron chi connectivity index (χ0n) is 10.7. The second-order valence-corrected chi connectivity index (χ2v) is 5.23. The molecule has 2 rings (SSSR count). The molecule has 0 bridgehead atoms. The van der Waals surface area contributed by atoms with Gasteiger partial charge in [0.25, 0.3) is 0 Å². The highest BCUT2D eigenvalue weighted by molar-refractivity contribution is 5.14. The monoisotopic (exact) mass is 233 g/mol. The van der Waals surface area contributed by atoms with Crippen LogP contribution in [0.1, 0.15) is 31.7 Å². The number of aryl methyl sites for hydroxylation is 1. The van der Waals surface area contributed by atoms with Gasteiger partial charge in [0.1, 0.15) is 0 Å². The number of ether oxygens (including phenoxy) is 1. The number of unbranched alkanes of at least 4 members (excludes halogenated alkanes) is 1. The molecule has 1 unspecified atom stereocenters. The summed E-state index contributed by atoms with van der Waals surface area (Å²) in [6, 6.07) is 10.7. The molecule has 0 aromatic heterocycles. The van der Waals surface area contributed by atoms with E-state index in [0.29, 0.717) is 0 Å². The van der Waals surface area contributed by atoms with Gasteiger partial charge in [-0.15, -0.1) is 0 Å². The van der Waals surface area contributed by atoms with Crippen molar-refractivity contribution in [1.29, 1.82) is 0 Å². The molecule has 1 aliphatic rings. The van der Waals surface area contributed by atoms with Crippen molar-refractivity contribution in [3.05, 3.63) is 35.9 Å². The Labute approximate surface area is 104 Å². The number of hydrogen-bond donors (Lipinski definition) is 1. The summed E-state index contributed by atoms with van der Waals surface area (Å²) >= 11 is 0. The van der Waals surface area contributed by atoms with Crippen LogP contribution in [-0.4, -0.2) is 25.3 Å². The van der Waals surface area contributed by atoms with Crippen LogP contribution in [0.2, 0.25) is 0 Å². The molecule has 1 N–H and O–H groups in total. The van der Waals surface area contributed by atoms with E-state index in [4.69, 9.17) is 4.74 Å². The van der Waals surface area contributed by atoms with Gasteiger partial charge in [0.2, 0.25) is 0 Å². The van der Waals surface area contributed by atoms with Gasteiger partial charge in [0.15, 0.2) is 0 Å². The van der Waals surface area contributed by atoms with Gasteiger partial charge in [-0.05, 0) is 44.7 Å². The predicted octanol–water partition coefficient (Wildman–Crippen LogP) is 2.78. The maximum absolute atomic E-state index is 5.42. The number of nitrogens with one attached hydrogen (secondary N) is 1. The molecule has 1 fully saturated rings. The number of hydrogen-bond acceptors (Lipinski definition) is 2. The highest BCUT2D eigenvalue weighted by Gasteiger charge is 2.28. The lowest BCUT2D eigenvalue weighted by Gasteiger charge is -2.23. The van der Waals surface area contributed by atoms with Crippen LogP contribution in [0.4, 0.5) is 0 Å². The van der Waals surface area contributed by atoms with E-state index in [2.05, 4.69) is 42.6 Å². The zero-order chi connectivity index (χ0) is 12.0. The van der Waals surface area contributed by atoms with Crippen molar-refractivity contribution in [3.8, 4) is 0 Å². The molecule has 2 nitrogen and oxygen atoms in total. The molecule has 1 atom stereocenters. The zero-order valence-corrected chi connectivity index (χ0v) is 10.7. The summed E-state index contributed by atoms with van der Waals surface area (Å²) in [7, 11) is 0. The lowest BCUT2D eigenvalue weighted by molar-refractivity contribution is 0.171. The molecule has 2 heteroatoms. The quantitative estimate of drug-likeness (QED) is 0.763. The molecule has 0 aliphatic carbocycles. The Balaban J connectivity index is 1.58. The van der Waals surface area contributed by atoms with E-state index >= 15 is 0 Å². The predicted molar refractivity (Wildman–Crippen MR) is 71.2 cm³/mol. The molecule has 17 heavy (non-hydrogen) atoms. The largest absolute Gasteiger partial charge is 0.379 e. The SMILES string of the molecule is CC1(NCCCCc2ccccc2)CCOC1. The van der Waals surface area contributed by atoms with Crippen LogP contribution in [0, 0.1) is 0 Å². The van der Waals surface area contributed by atoms with Gasteiger partial charge in [0.05, 0.1) is 6.61 Å². The normalized spacial score (nSPS) is 24.1. The molecule has 1 heterocycles. The van der Waals surface area contributed by atoms with Crippen LogP contribution in [0.15, 0.2) is 30.3 Å². The van der Waals surface area contributed by atoms with E-state index in [-0.39, 0.29) is 5.54 Å². The van der Waals surface area contributed by atoms with E-state index in [1.165, 1.54) is 24.8 Å². The maximum atomic E-state index is 5.42. The Morgan fingerprint density at radius 1 is 1.24 bits per heavy atom. The fourth-order valence-corrected chi connectivity index (χ4v) is 2.30. The third kappa shape index (κ3) is 4.14. The first-order chi connectivity index (χ1) is 8.29. The molecule has 94 valence electrons. The summed E-state index contributed by atoms with van der Waals surface area (Å²) < 4.78 is 5.42. The third-order valence-corrected chi connectivity index (χ3v) is 3.51. The fourth-order valence-electron chi connectivity index (χ4n) is 2.30. The molecule has 0 radical (unpaired) electrons. The number of rotatable bonds is 6. The summed E-state index contributed by atoms with van der Waals surface area (Å²) in [5.41, 5.74) is 1.68. The molecular weight excluding hydrogens is 210 g/mol. The van der Waals surface area contributed by atoms with Gasteiger partial charge in [-0.1, -0.05) is 30.3 Å². The van der Waals surface area contributed by atoms with Gasteiger partial charge in [0, 0.05) is 12.1 Å². The molecule has 1 aromatic rings. The second kappa shape index (κ2) is 6.18. The molecule has 1 aliphatic heterocycles. The minimum atomic E-state index is 0.229. The van der Waals surface area contributed by atoms with Crippen LogP contribution in [0.3, 0.4) is 0 Å². The van der Waals surface area contributed by atoms with Crippen LogP contribution in [-0.2, 0) is 11.2 Å². The van der Waals surface area contributed by atoms with Crippen molar-refractivity contribution < 1.29 is 4.74 Å². The van der Waals surface area contributed by atoms with E-state index in [9.17, 15) is 0 Å². The van der Waals surface area contributed by atoms with Crippen molar-refractivity contribution in [2.45, 2.75) is 38.1 Å². The average molecular weight is 233 g/mol. The van der Waals surface area contributed by atoms with E-state index < -0.39 is 0 Å². The van der Waals surface area contributed by atoms with E-state index in [0.717, 1.165) is 26.2 Å². The minimum absolute atomic E-state index is 0.229. The van der Waals surface area contributed by atoms with Crippen molar-refractivity contribution in [2.24, 2.45) is 0 Å². The van der Waals surface area contributed by atoms with Gasteiger partial charge >= 0.3 is 0 Å². The lowest BCUT2D eigenvalue weighted by atomic mass is 10.0. The smallest absolute Gasteiger partial charge is 0.0646 e. The van der Waals surface area contributed by atoms with Crippen LogP contribution >= 0.6 is 0 Å². The Morgan fingerprint density at radius 3 is 2.76 bits per heavy atom. The van der Waals surface area contributed by atoms with Crippen molar-refractivity contribution in [1.82, 2.24) is 5.32 Å². The standard InChI is InChI=1S/C15H23NO/c1-15(10-12-17-13-15)16-11-6-5-9-14-7-3-2-4-8-14/h2-4,7-8,16H,5-6,9-13H2,1H3.